The second-order valence-corrected chi connectivity index (χ2v) is 2.32. The number of rotatable bonds is 1. The van der Waals surface area contributed by atoms with Gasteiger partial charge in [-0.05, 0) is 12.8 Å². The molecule has 0 saturated carbocycles. The lowest BCUT2D eigenvalue weighted by atomic mass is 10.0. The van der Waals surface area contributed by atoms with E-state index in [1.807, 2.05) is 0 Å². The first-order chi connectivity index (χ1) is 4.30. The van der Waals surface area contributed by atoms with Crippen LogP contribution in [0.15, 0.2) is 0 Å². The first-order valence-electron chi connectivity index (χ1n) is 3.18. The fourth-order valence-electron chi connectivity index (χ4n) is 0.965. The summed E-state index contributed by atoms with van der Waals surface area (Å²) in [5.74, 6) is -0.256. The zero-order valence-electron chi connectivity index (χ0n) is 5.30. The first-order valence-corrected chi connectivity index (χ1v) is 3.18. The van der Waals surface area contributed by atoms with Gasteiger partial charge in [-0.15, -0.1) is 0 Å². The summed E-state index contributed by atoms with van der Waals surface area (Å²) in [4.78, 5) is 10.5. The number of amides is 1. The van der Waals surface area contributed by atoms with E-state index in [4.69, 9.17) is 10.5 Å². The molecule has 1 atom stereocenters. The van der Waals surface area contributed by atoms with E-state index in [-0.39, 0.29) is 11.8 Å². The van der Waals surface area contributed by atoms with Gasteiger partial charge in [-0.2, -0.15) is 0 Å². The zero-order valence-corrected chi connectivity index (χ0v) is 5.30. The highest BCUT2D eigenvalue weighted by Gasteiger charge is 2.18. The maximum Gasteiger partial charge on any atom is 0.222 e. The molecule has 3 heteroatoms. The molecular formula is C6H11NO2. The van der Waals surface area contributed by atoms with E-state index in [9.17, 15) is 4.79 Å². The minimum atomic E-state index is -0.227. The van der Waals surface area contributed by atoms with E-state index in [0.29, 0.717) is 6.61 Å². The van der Waals surface area contributed by atoms with Crippen LogP contribution in [0.5, 0.6) is 0 Å². The molecule has 0 spiro atoms. The van der Waals surface area contributed by atoms with Crippen molar-refractivity contribution in [1.82, 2.24) is 0 Å². The van der Waals surface area contributed by atoms with Gasteiger partial charge in [0.1, 0.15) is 0 Å². The summed E-state index contributed by atoms with van der Waals surface area (Å²) in [6.07, 6.45) is 1.86. The molecule has 0 aromatic heterocycles. The monoisotopic (exact) mass is 129 g/mol. The van der Waals surface area contributed by atoms with Gasteiger partial charge in [0.25, 0.3) is 0 Å². The third kappa shape index (κ3) is 1.68. The van der Waals surface area contributed by atoms with Crippen molar-refractivity contribution in [3.8, 4) is 0 Å². The zero-order chi connectivity index (χ0) is 6.69. The van der Waals surface area contributed by atoms with Crippen molar-refractivity contribution in [2.75, 3.05) is 13.2 Å². The highest BCUT2D eigenvalue weighted by atomic mass is 16.5. The van der Waals surface area contributed by atoms with E-state index in [1.54, 1.807) is 0 Å². The Bertz CT molecular complexity index is 108. The Balaban J connectivity index is 2.31. The lowest BCUT2D eigenvalue weighted by molar-refractivity contribution is -0.125. The highest BCUT2D eigenvalue weighted by molar-refractivity contribution is 5.76. The first kappa shape index (κ1) is 6.55. The molecule has 1 fully saturated rings. The smallest absolute Gasteiger partial charge is 0.222 e. The summed E-state index contributed by atoms with van der Waals surface area (Å²) < 4.78 is 5.04. The topological polar surface area (TPSA) is 52.3 Å². The summed E-state index contributed by atoms with van der Waals surface area (Å²) in [7, 11) is 0. The van der Waals surface area contributed by atoms with Crippen LogP contribution in [0, 0.1) is 5.92 Å². The fraction of sp³-hybridized carbons (Fsp3) is 0.833. The molecule has 0 radical (unpaired) electrons. The number of primary amides is 1. The van der Waals surface area contributed by atoms with Gasteiger partial charge in [0.2, 0.25) is 5.91 Å². The molecule has 2 N–H and O–H groups in total. The predicted octanol–water partition coefficient (Wildman–Crippen LogP) is -0.102. The van der Waals surface area contributed by atoms with Crippen molar-refractivity contribution in [1.29, 1.82) is 0 Å². The van der Waals surface area contributed by atoms with Crippen LogP contribution in [0.2, 0.25) is 0 Å². The molecule has 1 aliphatic rings. The van der Waals surface area contributed by atoms with Gasteiger partial charge in [0, 0.05) is 6.61 Å². The average Bonchev–Trinajstić information content (AvgIpc) is 1.90. The normalized spacial score (nSPS) is 27.8. The lowest BCUT2D eigenvalue weighted by Crippen LogP contribution is -2.30. The van der Waals surface area contributed by atoms with E-state index in [1.165, 1.54) is 0 Å². The minimum Gasteiger partial charge on any atom is -0.381 e. The van der Waals surface area contributed by atoms with Crippen molar-refractivity contribution in [2.24, 2.45) is 11.7 Å². The summed E-state index contributed by atoms with van der Waals surface area (Å²) in [5.41, 5.74) is 5.05. The molecule has 1 rings (SSSR count). The third-order valence-electron chi connectivity index (χ3n) is 1.56. The molecule has 0 unspecified atom stereocenters. The number of hydrogen-bond donors (Lipinski definition) is 1. The molecule has 0 aromatic carbocycles. The summed E-state index contributed by atoms with van der Waals surface area (Å²) >= 11 is 0. The van der Waals surface area contributed by atoms with Crippen molar-refractivity contribution in [3.05, 3.63) is 0 Å². The van der Waals surface area contributed by atoms with Crippen LogP contribution < -0.4 is 5.73 Å². The van der Waals surface area contributed by atoms with Crippen LogP contribution in [-0.4, -0.2) is 19.1 Å². The summed E-state index contributed by atoms with van der Waals surface area (Å²) in [6, 6.07) is 0. The van der Waals surface area contributed by atoms with Gasteiger partial charge in [-0.3, -0.25) is 4.79 Å². The molecule has 0 aromatic rings. The van der Waals surface area contributed by atoms with Crippen LogP contribution in [0.25, 0.3) is 0 Å². The molecule has 3 nitrogen and oxygen atoms in total. The predicted molar refractivity (Wildman–Crippen MR) is 32.7 cm³/mol. The van der Waals surface area contributed by atoms with Gasteiger partial charge in [-0.1, -0.05) is 0 Å². The number of hydrogen-bond acceptors (Lipinski definition) is 2. The van der Waals surface area contributed by atoms with Crippen LogP contribution in [0.1, 0.15) is 12.8 Å². The van der Waals surface area contributed by atoms with Crippen molar-refractivity contribution >= 4 is 5.91 Å². The number of carbonyl (C=O) groups excluding carboxylic acids is 1. The average molecular weight is 129 g/mol. The number of nitrogens with two attached hydrogens (primary N) is 1. The van der Waals surface area contributed by atoms with Crippen LogP contribution >= 0.6 is 0 Å². The van der Waals surface area contributed by atoms with Gasteiger partial charge in [-0.25, -0.2) is 0 Å². The largest absolute Gasteiger partial charge is 0.381 e. The van der Waals surface area contributed by atoms with Gasteiger partial charge in [0.05, 0.1) is 12.5 Å². The van der Waals surface area contributed by atoms with Gasteiger partial charge >= 0.3 is 0 Å². The Hall–Kier alpha value is -0.570. The van der Waals surface area contributed by atoms with Crippen molar-refractivity contribution < 1.29 is 9.53 Å². The standard InChI is InChI=1S/C6H11NO2/c7-6(8)5-2-1-3-9-4-5/h5H,1-4H2,(H2,7,8)/t5-/m1/s1. The third-order valence-corrected chi connectivity index (χ3v) is 1.56. The van der Waals surface area contributed by atoms with E-state index >= 15 is 0 Å². The van der Waals surface area contributed by atoms with E-state index in [2.05, 4.69) is 0 Å². The molecular weight excluding hydrogens is 118 g/mol. The molecule has 1 aliphatic heterocycles. The second kappa shape index (κ2) is 2.82. The Kier molecular flexibility index (Phi) is 2.05. The molecule has 1 heterocycles. The Morgan fingerprint density at radius 3 is 2.78 bits per heavy atom. The maximum absolute atomic E-state index is 10.5. The summed E-state index contributed by atoms with van der Waals surface area (Å²) in [5, 5.41) is 0. The van der Waals surface area contributed by atoms with Crippen LogP contribution in [0.4, 0.5) is 0 Å². The molecule has 0 bridgehead atoms. The number of carbonyl (C=O) groups is 1. The van der Waals surface area contributed by atoms with Crippen molar-refractivity contribution in [2.45, 2.75) is 12.8 Å². The number of ether oxygens (including phenoxy) is 1. The Morgan fingerprint density at radius 1 is 1.67 bits per heavy atom. The van der Waals surface area contributed by atoms with Gasteiger partial charge < -0.3 is 10.5 Å². The molecule has 52 valence electrons. The molecule has 0 aliphatic carbocycles. The Labute approximate surface area is 54.2 Å². The molecule has 9 heavy (non-hydrogen) atoms. The van der Waals surface area contributed by atoms with Crippen LogP contribution in [0.3, 0.4) is 0 Å². The molecule has 1 saturated heterocycles. The summed E-state index contributed by atoms with van der Waals surface area (Å²) in [6.45, 7) is 1.30. The SMILES string of the molecule is NC(=O)[C@@H]1CCCOC1. The van der Waals surface area contributed by atoms with E-state index < -0.39 is 0 Å². The lowest BCUT2D eigenvalue weighted by Gasteiger charge is -2.18. The highest BCUT2D eigenvalue weighted by Crippen LogP contribution is 2.11. The van der Waals surface area contributed by atoms with E-state index in [0.717, 1.165) is 19.4 Å². The maximum atomic E-state index is 10.5. The second-order valence-electron chi connectivity index (χ2n) is 2.32. The fourth-order valence-corrected chi connectivity index (χ4v) is 0.965. The van der Waals surface area contributed by atoms with Crippen LogP contribution in [-0.2, 0) is 9.53 Å². The molecule has 1 amide bonds. The van der Waals surface area contributed by atoms with Crippen molar-refractivity contribution in [3.63, 3.8) is 0 Å². The minimum absolute atomic E-state index is 0.0289. The quantitative estimate of drug-likeness (QED) is 0.537. The Morgan fingerprint density at radius 2 is 2.44 bits per heavy atom. The van der Waals surface area contributed by atoms with Gasteiger partial charge in [0.15, 0.2) is 0 Å².